The van der Waals surface area contributed by atoms with Gasteiger partial charge in [-0.25, -0.2) is 8.42 Å². The van der Waals surface area contributed by atoms with Gasteiger partial charge in [-0.1, -0.05) is 54.6 Å². The van der Waals surface area contributed by atoms with Crippen LogP contribution in [0.1, 0.15) is 10.4 Å². The third-order valence-corrected chi connectivity index (χ3v) is 7.23. The number of methoxy groups -OCH3 is 1. The molecule has 1 N–H and O–H groups in total. The summed E-state index contributed by atoms with van der Waals surface area (Å²) in [5, 5.41) is 2.92. The Bertz CT molecular complexity index is 1400. The number of hydrogen-bond donors (Lipinski definition) is 1. The van der Waals surface area contributed by atoms with Crippen molar-refractivity contribution in [2.45, 2.75) is 4.90 Å². The summed E-state index contributed by atoms with van der Waals surface area (Å²) in [6, 6.07) is 29.9. The molecule has 0 heterocycles. The molecule has 0 radical (unpaired) electrons. The molecule has 1 amide bonds. The number of benzene rings is 4. The first-order valence-corrected chi connectivity index (χ1v) is 12.0. The maximum Gasteiger partial charge on any atom is 0.264 e. The number of carbonyl (C=O) groups excluding carboxylic acids is 1. The molecule has 0 atom stereocenters. The third kappa shape index (κ3) is 4.79. The van der Waals surface area contributed by atoms with Gasteiger partial charge < -0.3 is 10.1 Å². The van der Waals surface area contributed by atoms with Crippen LogP contribution in [-0.4, -0.2) is 28.5 Å². The molecule has 34 heavy (non-hydrogen) atoms. The molecule has 0 aliphatic carbocycles. The molecule has 172 valence electrons. The number of amides is 1. The van der Waals surface area contributed by atoms with Gasteiger partial charge >= 0.3 is 0 Å². The Labute approximate surface area is 199 Å². The van der Waals surface area contributed by atoms with Crippen LogP contribution in [0.3, 0.4) is 0 Å². The molecule has 0 fully saturated rings. The number of nitrogens with one attached hydrogen (secondary N) is 1. The lowest BCUT2D eigenvalue weighted by Crippen LogP contribution is -2.26. The molecule has 6 nitrogen and oxygen atoms in total. The Morgan fingerprint density at radius 3 is 2.21 bits per heavy atom. The van der Waals surface area contributed by atoms with Gasteiger partial charge in [-0.3, -0.25) is 9.10 Å². The average Bonchev–Trinajstić information content (AvgIpc) is 2.89. The highest BCUT2D eigenvalue weighted by atomic mass is 32.2. The zero-order valence-electron chi connectivity index (χ0n) is 18.8. The maximum absolute atomic E-state index is 13.2. The highest BCUT2D eigenvalue weighted by molar-refractivity contribution is 7.92. The Morgan fingerprint density at radius 2 is 1.50 bits per heavy atom. The molecule has 4 rings (SSSR count). The molecule has 0 unspecified atom stereocenters. The minimum absolute atomic E-state index is 0.0230. The normalized spacial score (nSPS) is 11.0. The monoisotopic (exact) mass is 472 g/mol. The minimum Gasteiger partial charge on any atom is -0.497 e. The Kier molecular flexibility index (Phi) is 6.65. The molecule has 4 aromatic carbocycles. The van der Waals surface area contributed by atoms with E-state index in [1.807, 2.05) is 54.6 Å². The summed E-state index contributed by atoms with van der Waals surface area (Å²) in [4.78, 5) is 13.1. The Balaban J connectivity index is 1.60. The van der Waals surface area contributed by atoms with E-state index in [1.54, 1.807) is 43.5 Å². The smallest absolute Gasteiger partial charge is 0.264 e. The minimum atomic E-state index is -3.88. The molecule has 0 saturated heterocycles. The zero-order valence-corrected chi connectivity index (χ0v) is 19.6. The molecule has 0 spiro atoms. The lowest BCUT2D eigenvalue weighted by molar-refractivity contribution is 0.102. The largest absolute Gasteiger partial charge is 0.497 e. The van der Waals surface area contributed by atoms with Crippen LogP contribution in [0, 0.1) is 0 Å². The van der Waals surface area contributed by atoms with E-state index in [0.29, 0.717) is 17.1 Å². The summed E-state index contributed by atoms with van der Waals surface area (Å²) in [5.74, 6) is 0.233. The van der Waals surface area contributed by atoms with Gasteiger partial charge in [0.2, 0.25) is 0 Å². The van der Waals surface area contributed by atoms with Crippen molar-refractivity contribution in [1.29, 1.82) is 0 Å². The lowest BCUT2D eigenvalue weighted by atomic mass is 10.0. The first-order chi connectivity index (χ1) is 16.4. The fraction of sp³-hybridized carbons (Fsp3) is 0.0741. The fourth-order valence-electron chi connectivity index (χ4n) is 3.54. The molecule has 0 saturated carbocycles. The number of rotatable bonds is 7. The van der Waals surface area contributed by atoms with Crippen molar-refractivity contribution in [3.05, 3.63) is 109 Å². The first-order valence-electron chi connectivity index (χ1n) is 10.6. The highest BCUT2D eigenvalue weighted by Crippen LogP contribution is 2.29. The predicted octanol–water partition coefficient (Wildman–Crippen LogP) is 5.44. The first kappa shape index (κ1) is 23.1. The second-order valence-electron chi connectivity index (χ2n) is 7.56. The van der Waals surface area contributed by atoms with E-state index in [0.717, 1.165) is 11.1 Å². The Morgan fingerprint density at radius 1 is 0.824 bits per heavy atom. The van der Waals surface area contributed by atoms with Crippen molar-refractivity contribution in [3.8, 4) is 16.9 Å². The van der Waals surface area contributed by atoms with E-state index in [2.05, 4.69) is 5.32 Å². The maximum atomic E-state index is 13.2. The van der Waals surface area contributed by atoms with Gasteiger partial charge in [-0.2, -0.15) is 0 Å². The summed E-state index contributed by atoms with van der Waals surface area (Å²) in [7, 11) is -0.861. The van der Waals surface area contributed by atoms with E-state index in [9.17, 15) is 13.2 Å². The molecular formula is C27H24N2O4S. The number of hydrogen-bond acceptors (Lipinski definition) is 4. The third-order valence-electron chi connectivity index (χ3n) is 5.45. The summed E-state index contributed by atoms with van der Waals surface area (Å²) in [6.45, 7) is 0. The average molecular weight is 473 g/mol. The van der Waals surface area contributed by atoms with Crippen molar-refractivity contribution >= 4 is 27.3 Å². The number of para-hydroxylation sites is 1. The molecule has 0 aliphatic rings. The van der Waals surface area contributed by atoms with Gasteiger partial charge in [-0.05, 0) is 54.1 Å². The standard InChI is InChI=1S/C27H24N2O4S/c1-29(22-15-17-23(33-2)18-16-22)34(31,32)24-12-8-11-21(19-24)27(30)28-26-14-7-6-13-25(26)20-9-4-3-5-10-20/h3-19H,1-2H3,(H,28,30). The molecular weight excluding hydrogens is 448 g/mol. The topological polar surface area (TPSA) is 75.7 Å². The SMILES string of the molecule is COc1ccc(N(C)S(=O)(=O)c2cccc(C(=O)Nc3ccccc3-c3ccccc3)c2)cc1. The van der Waals surface area contributed by atoms with Crippen LogP contribution in [0.4, 0.5) is 11.4 Å². The van der Waals surface area contributed by atoms with Gasteiger partial charge in [0.15, 0.2) is 0 Å². The quantitative estimate of drug-likeness (QED) is 0.389. The summed E-state index contributed by atoms with van der Waals surface area (Å²) >= 11 is 0. The van der Waals surface area contributed by atoms with Crippen molar-refractivity contribution in [1.82, 2.24) is 0 Å². The van der Waals surface area contributed by atoms with Crippen LogP contribution in [0.5, 0.6) is 5.75 Å². The van der Waals surface area contributed by atoms with E-state index >= 15 is 0 Å². The van der Waals surface area contributed by atoms with Crippen molar-refractivity contribution in [2.75, 3.05) is 23.8 Å². The van der Waals surface area contributed by atoms with E-state index in [4.69, 9.17) is 4.74 Å². The van der Waals surface area contributed by atoms with Crippen molar-refractivity contribution in [3.63, 3.8) is 0 Å². The van der Waals surface area contributed by atoms with Crippen LogP contribution in [0.25, 0.3) is 11.1 Å². The van der Waals surface area contributed by atoms with E-state index in [1.165, 1.54) is 23.5 Å². The van der Waals surface area contributed by atoms with Gasteiger partial charge in [0.1, 0.15) is 5.75 Å². The van der Waals surface area contributed by atoms with Crippen LogP contribution in [0.2, 0.25) is 0 Å². The van der Waals surface area contributed by atoms with Crippen molar-refractivity contribution < 1.29 is 17.9 Å². The Hall–Kier alpha value is -4.10. The number of nitrogens with zero attached hydrogens (tertiary/aromatic N) is 1. The van der Waals surface area contributed by atoms with Gasteiger partial charge in [-0.15, -0.1) is 0 Å². The molecule has 4 aromatic rings. The molecule has 7 heteroatoms. The zero-order chi connectivity index (χ0) is 24.1. The van der Waals surface area contributed by atoms with Gasteiger partial charge in [0.05, 0.1) is 17.7 Å². The second kappa shape index (κ2) is 9.80. The van der Waals surface area contributed by atoms with Crippen LogP contribution in [0.15, 0.2) is 108 Å². The highest BCUT2D eigenvalue weighted by Gasteiger charge is 2.23. The fourth-order valence-corrected chi connectivity index (χ4v) is 4.78. The van der Waals surface area contributed by atoms with E-state index < -0.39 is 15.9 Å². The number of ether oxygens (including phenoxy) is 1. The van der Waals surface area contributed by atoms with Gasteiger partial charge in [0.25, 0.3) is 15.9 Å². The molecule has 0 bridgehead atoms. The van der Waals surface area contributed by atoms with Crippen LogP contribution in [-0.2, 0) is 10.0 Å². The van der Waals surface area contributed by atoms with Crippen LogP contribution < -0.4 is 14.4 Å². The lowest BCUT2D eigenvalue weighted by Gasteiger charge is -2.20. The van der Waals surface area contributed by atoms with Crippen molar-refractivity contribution in [2.24, 2.45) is 0 Å². The van der Waals surface area contributed by atoms with Crippen LogP contribution >= 0.6 is 0 Å². The summed E-state index contributed by atoms with van der Waals surface area (Å²) in [5.41, 5.74) is 3.21. The van der Waals surface area contributed by atoms with Gasteiger partial charge in [0, 0.05) is 23.9 Å². The summed E-state index contributed by atoms with van der Waals surface area (Å²) < 4.78 is 32.8. The molecule has 0 aromatic heterocycles. The number of anilines is 2. The second-order valence-corrected chi connectivity index (χ2v) is 9.53. The van der Waals surface area contributed by atoms with E-state index in [-0.39, 0.29) is 10.5 Å². The number of carbonyl (C=O) groups is 1. The molecule has 0 aliphatic heterocycles. The summed E-state index contributed by atoms with van der Waals surface area (Å²) in [6.07, 6.45) is 0. The predicted molar refractivity (Wildman–Crippen MR) is 135 cm³/mol. The number of sulfonamides is 1.